The van der Waals surface area contributed by atoms with Gasteiger partial charge in [0.15, 0.2) is 0 Å². The van der Waals surface area contributed by atoms with Crippen LogP contribution in [0.25, 0.3) is 0 Å². The van der Waals surface area contributed by atoms with E-state index in [1.807, 2.05) is 20.8 Å². The first kappa shape index (κ1) is 14.3. The zero-order chi connectivity index (χ0) is 14.1. The number of rotatable bonds is 4. The van der Waals surface area contributed by atoms with E-state index < -0.39 is 5.60 Å². The highest BCUT2D eigenvalue weighted by atomic mass is 16.6. The van der Waals surface area contributed by atoms with Crippen molar-refractivity contribution in [2.24, 2.45) is 5.41 Å². The minimum atomic E-state index is -0.421. The van der Waals surface area contributed by atoms with Gasteiger partial charge in [-0.2, -0.15) is 5.26 Å². The van der Waals surface area contributed by atoms with Crippen molar-refractivity contribution in [3.63, 3.8) is 0 Å². The van der Waals surface area contributed by atoms with E-state index in [1.54, 1.807) is 0 Å². The van der Waals surface area contributed by atoms with Crippen LogP contribution in [0, 0.1) is 16.7 Å². The Hall–Kier alpha value is -1.08. The first-order valence-electron chi connectivity index (χ1n) is 7.19. The average Bonchev–Trinajstić information content (AvgIpc) is 2.86. The summed E-state index contributed by atoms with van der Waals surface area (Å²) in [5, 5.41) is 8.88. The topological polar surface area (TPSA) is 53.3 Å². The molecule has 0 aromatic rings. The lowest BCUT2D eigenvalue weighted by atomic mass is 10.0. The molecule has 2 fully saturated rings. The molecule has 0 bridgehead atoms. The van der Waals surface area contributed by atoms with Crippen molar-refractivity contribution in [1.82, 2.24) is 4.90 Å². The number of hydrogen-bond donors (Lipinski definition) is 0. The van der Waals surface area contributed by atoms with E-state index in [1.165, 1.54) is 0 Å². The first-order valence-corrected chi connectivity index (χ1v) is 7.19. The van der Waals surface area contributed by atoms with Crippen LogP contribution in [0.2, 0.25) is 0 Å². The minimum Gasteiger partial charge on any atom is -0.459 e. The van der Waals surface area contributed by atoms with Crippen LogP contribution < -0.4 is 0 Å². The lowest BCUT2D eigenvalue weighted by Gasteiger charge is -2.29. The summed E-state index contributed by atoms with van der Waals surface area (Å²) in [4.78, 5) is 14.4. The van der Waals surface area contributed by atoms with Crippen molar-refractivity contribution in [2.75, 3.05) is 13.1 Å². The van der Waals surface area contributed by atoms with Crippen molar-refractivity contribution in [3.8, 4) is 6.07 Å². The molecule has 0 N–H and O–H groups in total. The molecule has 0 aromatic carbocycles. The lowest BCUT2D eigenvalue weighted by Crippen LogP contribution is -2.42. The number of nitrogens with zero attached hydrogens (tertiary/aromatic N) is 2. The Bertz CT molecular complexity index is 388. The van der Waals surface area contributed by atoms with E-state index in [0.29, 0.717) is 6.42 Å². The van der Waals surface area contributed by atoms with Crippen LogP contribution in [-0.2, 0) is 9.53 Å². The molecule has 2 rings (SSSR count). The molecule has 0 amide bonds. The molecule has 1 atom stereocenters. The van der Waals surface area contributed by atoms with Crippen LogP contribution in [0.5, 0.6) is 0 Å². The zero-order valence-corrected chi connectivity index (χ0v) is 12.2. The van der Waals surface area contributed by atoms with Gasteiger partial charge in [0.2, 0.25) is 0 Å². The highest BCUT2D eigenvalue weighted by Gasteiger charge is 2.46. The van der Waals surface area contributed by atoms with E-state index in [2.05, 4.69) is 11.0 Å². The summed E-state index contributed by atoms with van der Waals surface area (Å²) >= 11 is 0. The fraction of sp³-hybridized carbons (Fsp3) is 0.867. The Labute approximate surface area is 115 Å². The zero-order valence-electron chi connectivity index (χ0n) is 12.2. The number of likely N-dealkylation sites (tertiary alicyclic amines) is 1. The highest BCUT2D eigenvalue weighted by Crippen LogP contribution is 2.49. The summed E-state index contributed by atoms with van der Waals surface area (Å²) in [5.74, 6) is -0.0993. The van der Waals surface area contributed by atoms with Crippen molar-refractivity contribution < 1.29 is 9.53 Å². The van der Waals surface area contributed by atoms with Gasteiger partial charge >= 0.3 is 5.97 Å². The van der Waals surface area contributed by atoms with Crippen molar-refractivity contribution >= 4 is 5.97 Å². The largest absolute Gasteiger partial charge is 0.459 e. The van der Waals surface area contributed by atoms with Gasteiger partial charge in [0.05, 0.1) is 6.07 Å². The van der Waals surface area contributed by atoms with Gasteiger partial charge in [-0.25, -0.2) is 0 Å². The van der Waals surface area contributed by atoms with Crippen molar-refractivity contribution in [2.45, 2.75) is 64.5 Å². The molecule has 0 spiro atoms. The van der Waals surface area contributed by atoms with E-state index in [-0.39, 0.29) is 17.4 Å². The predicted molar refractivity (Wildman–Crippen MR) is 72.3 cm³/mol. The molecule has 0 unspecified atom stereocenters. The van der Waals surface area contributed by atoms with Crippen molar-refractivity contribution in [1.29, 1.82) is 5.26 Å². The van der Waals surface area contributed by atoms with Crippen molar-refractivity contribution in [3.05, 3.63) is 0 Å². The third-order valence-corrected chi connectivity index (χ3v) is 3.99. The molecule has 0 radical (unpaired) electrons. The summed E-state index contributed by atoms with van der Waals surface area (Å²) in [7, 11) is 0. The number of carbonyl (C=O) groups is 1. The van der Waals surface area contributed by atoms with E-state index in [4.69, 9.17) is 10.00 Å². The molecule has 106 valence electrons. The van der Waals surface area contributed by atoms with Crippen LogP contribution in [0.15, 0.2) is 0 Å². The second-order valence-corrected chi connectivity index (χ2v) is 7.00. The molecule has 1 aliphatic carbocycles. The molecular formula is C15H24N2O2. The maximum absolute atomic E-state index is 12.2. The number of ether oxygens (including phenoxy) is 1. The van der Waals surface area contributed by atoms with Crippen LogP contribution in [0.4, 0.5) is 0 Å². The van der Waals surface area contributed by atoms with Crippen LogP contribution in [-0.4, -0.2) is 35.6 Å². The molecule has 1 saturated carbocycles. The van der Waals surface area contributed by atoms with E-state index in [9.17, 15) is 4.79 Å². The lowest BCUT2D eigenvalue weighted by molar-refractivity contribution is -0.160. The molecular weight excluding hydrogens is 240 g/mol. The van der Waals surface area contributed by atoms with Gasteiger partial charge in [-0.1, -0.05) is 0 Å². The monoisotopic (exact) mass is 264 g/mol. The quantitative estimate of drug-likeness (QED) is 0.732. The summed E-state index contributed by atoms with van der Waals surface area (Å²) in [6, 6.07) is 2.18. The number of nitriles is 1. The Kier molecular flexibility index (Phi) is 3.87. The van der Waals surface area contributed by atoms with Gasteiger partial charge in [-0.15, -0.1) is 0 Å². The SMILES string of the molecule is CC(C)(C)OC(=O)[C@H]1CCCN1CC1(CC#N)CC1. The predicted octanol–water partition coefficient (Wildman–Crippen LogP) is 2.49. The van der Waals surface area contributed by atoms with Gasteiger partial charge in [0, 0.05) is 13.0 Å². The Balaban J connectivity index is 1.94. The molecule has 1 heterocycles. The average molecular weight is 264 g/mol. The van der Waals surface area contributed by atoms with Gasteiger partial charge in [-0.3, -0.25) is 9.69 Å². The molecule has 0 aromatic heterocycles. The smallest absolute Gasteiger partial charge is 0.323 e. The molecule has 2 aliphatic rings. The summed E-state index contributed by atoms with van der Waals surface area (Å²) in [6.45, 7) is 7.55. The fourth-order valence-electron chi connectivity index (χ4n) is 2.82. The fourth-order valence-corrected chi connectivity index (χ4v) is 2.82. The summed E-state index contributed by atoms with van der Waals surface area (Å²) in [5.41, 5.74) is -0.255. The van der Waals surface area contributed by atoms with Gasteiger partial charge in [0.25, 0.3) is 0 Å². The molecule has 19 heavy (non-hydrogen) atoms. The molecule has 1 aliphatic heterocycles. The first-order chi connectivity index (χ1) is 8.85. The second-order valence-electron chi connectivity index (χ2n) is 7.00. The molecule has 1 saturated heterocycles. The van der Waals surface area contributed by atoms with Gasteiger partial charge in [-0.05, 0) is 58.4 Å². The third-order valence-electron chi connectivity index (χ3n) is 3.99. The van der Waals surface area contributed by atoms with E-state index >= 15 is 0 Å². The molecule has 4 nitrogen and oxygen atoms in total. The number of esters is 1. The van der Waals surface area contributed by atoms with Crippen LogP contribution in [0.3, 0.4) is 0 Å². The second kappa shape index (κ2) is 5.13. The molecule has 4 heteroatoms. The highest BCUT2D eigenvalue weighted by molar-refractivity contribution is 5.76. The maximum atomic E-state index is 12.2. The Morgan fingerprint density at radius 2 is 2.16 bits per heavy atom. The minimum absolute atomic E-state index is 0.0993. The van der Waals surface area contributed by atoms with Gasteiger partial charge in [0.1, 0.15) is 11.6 Å². The van der Waals surface area contributed by atoms with Crippen LogP contribution >= 0.6 is 0 Å². The maximum Gasteiger partial charge on any atom is 0.323 e. The van der Waals surface area contributed by atoms with E-state index in [0.717, 1.165) is 38.8 Å². The normalized spacial score (nSPS) is 25.9. The van der Waals surface area contributed by atoms with Crippen LogP contribution in [0.1, 0.15) is 52.9 Å². The van der Waals surface area contributed by atoms with Gasteiger partial charge < -0.3 is 4.74 Å². The third kappa shape index (κ3) is 3.70. The Morgan fingerprint density at radius 1 is 1.47 bits per heavy atom. The standard InChI is InChI=1S/C15H24N2O2/c1-14(2,3)19-13(18)12-5-4-10-17(12)11-15(6-7-15)8-9-16/h12H,4-8,10-11H2,1-3H3/t12-/m1/s1. The summed E-state index contributed by atoms with van der Waals surface area (Å²) in [6.07, 6.45) is 4.80. The number of hydrogen-bond acceptors (Lipinski definition) is 4. The summed E-state index contributed by atoms with van der Waals surface area (Å²) < 4.78 is 5.50. The number of carbonyl (C=O) groups excluding carboxylic acids is 1. The Morgan fingerprint density at radius 3 is 2.68 bits per heavy atom.